The number of hydrogen-bond donors (Lipinski definition) is 1. The first-order chi connectivity index (χ1) is 6.16. The molecule has 0 aliphatic heterocycles. The Bertz CT molecular complexity index is 310. The number of nitrogens with two attached hydrogens (primary N) is 1. The van der Waals surface area contributed by atoms with E-state index in [0.717, 1.165) is 22.4 Å². The minimum atomic E-state index is 0.0216. The molecule has 0 radical (unpaired) electrons. The average Bonchev–Trinajstić information content (AvgIpc) is 2.16. The molecule has 0 aromatic heterocycles. The van der Waals surface area contributed by atoms with E-state index in [1.807, 2.05) is 38.1 Å². The molecule has 0 aliphatic carbocycles. The van der Waals surface area contributed by atoms with Gasteiger partial charge in [-0.05, 0) is 18.0 Å². The molecule has 0 amide bonds. The zero-order valence-electron chi connectivity index (χ0n) is 7.78. The Balaban J connectivity index is 3.06. The normalized spacial score (nSPS) is 10.5. The maximum Gasteiger partial charge on any atom is 0.166 e. The Kier molecular flexibility index (Phi) is 3.51. The fourth-order valence-corrected chi connectivity index (χ4v) is 1.54. The van der Waals surface area contributed by atoms with Gasteiger partial charge in [-0.25, -0.2) is 0 Å². The quantitative estimate of drug-likeness (QED) is 0.595. The summed E-state index contributed by atoms with van der Waals surface area (Å²) < 4.78 is 0. The molecule has 1 aromatic carbocycles. The van der Waals surface area contributed by atoms with Gasteiger partial charge in [0.15, 0.2) is 5.78 Å². The minimum Gasteiger partial charge on any atom is -0.294 e. The van der Waals surface area contributed by atoms with E-state index in [1.54, 1.807) is 0 Å². The second-order valence-corrected chi connectivity index (χ2v) is 3.81. The van der Waals surface area contributed by atoms with Crippen molar-refractivity contribution in [3.05, 3.63) is 29.8 Å². The van der Waals surface area contributed by atoms with Crippen LogP contribution in [0.25, 0.3) is 0 Å². The number of carbonyl (C=O) groups is 1. The van der Waals surface area contributed by atoms with Crippen molar-refractivity contribution < 1.29 is 4.79 Å². The van der Waals surface area contributed by atoms with Crippen LogP contribution in [-0.4, -0.2) is 5.78 Å². The Morgan fingerprint density at radius 3 is 2.54 bits per heavy atom. The Morgan fingerprint density at radius 2 is 2.00 bits per heavy atom. The van der Waals surface area contributed by atoms with Gasteiger partial charge in [0.1, 0.15) is 0 Å². The molecule has 1 rings (SSSR count). The zero-order valence-corrected chi connectivity index (χ0v) is 8.60. The smallest absolute Gasteiger partial charge is 0.166 e. The molecule has 0 heterocycles. The fraction of sp³-hybridized carbons (Fsp3) is 0.300. The molecule has 1 aromatic rings. The Labute approximate surface area is 82.7 Å². The SMILES string of the molecule is CC(C)C(=O)c1ccccc1SN. The molecule has 0 unspecified atom stereocenters. The van der Waals surface area contributed by atoms with Crippen molar-refractivity contribution in [1.82, 2.24) is 0 Å². The van der Waals surface area contributed by atoms with Crippen LogP contribution in [0.1, 0.15) is 24.2 Å². The summed E-state index contributed by atoms with van der Waals surface area (Å²) in [5, 5.41) is 5.45. The predicted molar refractivity (Wildman–Crippen MR) is 55.7 cm³/mol. The Hall–Kier alpha value is -0.800. The molecular formula is C10H13NOS. The van der Waals surface area contributed by atoms with Crippen LogP contribution in [0.4, 0.5) is 0 Å². The summed E-state index contributed by atoms with van der Waals surface area (Å²) in [6.45, 7) is 3.78. The highest BCUT2D eigenvalue weighted by molar-refractivity contribution is 7.97. The largest absolute Gasteiger partial charge is 0.294 e. The standard InChI is InChI=1S/C10H13NOS/c1-7(2)10(12)8-5-3-4-6-9(8)13-11/h3-7H,11H2,1-2H3. The van der Waals surface area contributed by atoms with E-state index in [2.05, 4.69) is 0 Å². The van der Waals surface area contributed by atoms with Crippen LogP contribution >= 0.6 is 11.9 Å². The van der Waals surface area contributed by atoms with Gasteiger partial charge in [-0.15, -0.1) is 0 Å². The average molecular weight is 195 g/mol. The summed E-state index contributed by atoms with van der Waals surface area (Å²) in [5.74, 6) is 0.168. The lowest BCUT2D eigenvalue weighted by atomic mass is 10.0. The molecule has 70 valence electrons. The predicted octanol–water partition coefficient (Wildman–Crippen LogP) is 2.49. The molecule has 0 saturated heterocycles. The van der Waals surface area contributed by atoms with Crippen molar-refractivity contribution in [2.45, 2.75) is 18.7 Å². The first kappa shape index (κ1) is 10.3. The number of hydrogen-bond acceptors (Lipinski definition) is 3. The topological polar surface area (TPSA) is 43.1 Å². The summed E-state index contributed by atoms with van der Waals surface area (Å²) >= 11 is 1.12. The highest BCUT2D eigenvalue weighted by atomic mass is 32.2. The van der Waals surface area contributed by atoms with E-state index in [1.165, 1.54) is 0 Å². The van der Waals surface area contributed by atoms with E-state index >= 15 is 0 Å². The first-order valence-corrected chi connectivity index (χ1v) is 5.04. The van der Waals surface area contributed by atoms with Crippen LogP contribution in [0, 0.1) is 5.92 Å². The number of benzene rings is 1. The maximum absolute atomic E-state index is 11.7. The van der Waals surface area contributed by atoms with Crippen molar-refractivity contribution in [1.29, 1.82) is 0 Å². The lowest BCUT2D eigenvalue weighted by Crippen LogP contribution is -2.08. The first-order valence-electron chi connectivity index (χ1n) is 4.16. The van der Waals surface area contributed by atoms with Crippen molar-refractivity contribution in [2.75, 3.05) is 0 Å². The summed E-state index contributed by atoms with van der Waals surface area (Å²) in [4.78, 5) is 12.5. The zero-order chi connectivity index (χ0) is 9.84. The summed E-state index contributed by atoms with van der Waals surface area (Å²) in [5.41, 5.74) is 0.727. The maximum atomic E-state index is 11.7. The number of Topliss-reactive ketones (excluding diaryl/α,β-unsaturated/α-hetero) is 1. The molecule has 2 N–H and O–H groups in total. The van der Waals surface area contributed by atoms with E-state index in [4.69, 9.17) is 5.14 Å². The van der Waals surface area contributed by atoms with Gasteiger partial charge in [0, 0.05) is 16.4 Å². The van der Waals surface area contributed by atoms with Crippen LogP contribution in [0.3, 0.4) is 0 Å². The molecule has 0 bridgehead atoms. The van der Waals surface area contributed by atoms with E-state index in [0.29, 0.717) is 0 Å². The van der Waals surface area contributed by atoms with Crippen LogP contribution in [0.15, 0.2) is 29.2 Å². The van der Waals surface area contributed by atoms with Crippen molar-refractivity contribution in [2.24, 2.45) is 11.1 Å². The summed E-state index contributed by atoms with van der Waals surface area (Å²) in [6, 6.07) is 7.42. The van der Waals surface area contributed by atoms with E-state index in [-0.39, 0.29) is 11.7 Å². The number of ketones is 1. The third-order valence-corrected chi connectivity index (χ3v) is 2.41. The van der Waals surface area contributed by atoms with Gasteiger partial charge >= 0.3 is 0 Å². The van der Waals surface area contributed by atoms with Gasteiger partial charge in [0.25, 0.3) is 0 Å². The van der Waals surface area contributed by atoms with Crippen LogP contribution in [-0.2, 0) is 0 Å². The molecule has 0 saturated carbocycles. The van der Waals surface area contributed by atoms with Gasteiger partial charge < -0.3 is 0 Å². The second kappa shape index (κ2) is 4.44. The van der Waals surface area contributed by atoms with Crippen LogP contribution in [0.2, 0.25) is 0 Å². The lowest BCUT2D eigenvalue weighted by molar-refractivity contribution is 0.0936. The second-order valence-electron chi connectivity index (χ2n) is 3.13. The molecule has 3 heteroatoms. The lowest BCUT2D eigenvalue weighted by Gasteiger charge is -2.07. The van der Waals surface area contributed by atoms with Gasteiger partial charge in [-0.2, -0.15) is 0 Å². The number of rotatable bonds is 3. The van der Waals surface area contributed by atoms with E-state index < -0.39 is 0 Å². The van der Waals surface area contributed by atoms with E-state index in [9.17, 15) is 4.79 Å². The highest BCUT2D eigenvalue weighted by Crippen LogP contribution is 2.20. The van der Waals surface area contributed by atoms with Crippen molar-refractivity contribution in [3.63, 3.8) is 0 Å². The Morgan fingerprint density at radius 1 is 1.38 bits per heavy atom. The molecule has 13 heavy (non-hydrogen) atoms. The van der Waals surface area contributed by atoms with Gasteiger partial charge in [-0.3, -0.25) is 9.93 Å². The fourth-order valence-electron chi connectivity index (χ4n) is 1.08. The monoisotopic (exact) mass is 195 g/mol. The van der Waals surface area contributed by atoms with Gasteiger partial charge in [-0.1, -0.05) is 32.0 Å². The molecular weight excluding hydrogens is 182 g/mol. The third-order valence-electron chi connectivity index (χ3n) is 1.80. The van der Waals surface area contributed by atoms with Gasteiger partial charge in [0.2, 0.25) is 0 Å². The molecule has 0 spiro atoms. The summed E-state index contributed by atoms with van der Waals surface area (Å²) in [6.07, 6.45) is 0. The number of carbonyl (C=O) groups excluding carboxylic acids is 1. The molecule has 0 atom stereocenters. The highest BCUT2D eigenvalue weighted by Gasteiger charge is 2.13. The molecule has 2 nitrogen and oxygen atoms in total. The third kappa shape index (κ3) is 2.32. The minimum absolute atomic E-state index is 0.0216. The molecule has 0 aliphatic rings. The van der Waals surface area contributed by atoms with Crippen molar-refractivity contribution in [3.8, 4) is 0 Å². The summed E-state index contributed by atoms with van der Waals surface area (Å²) in [7, 11) is 0. The van der Waals surface area contributed by atoms with Gasteiger partial charge in [0.05, 0.1) is 0 Å². The molecule has 0 fully saturated rings. The van der Waals surface area contributed by atoms with Crippen LogP contribution < -0.4 is 5.14 Å². The van der Waals surface area contributed by atoms with Crippen LogP contribution in [0.5, 0.6) is 0 Å². The van der Waals surface area contributed by atoms with Crippen molar-refractivity contribution >= 4 is 17.7 Å².